The van der Waals surface area contributed by atoms with Gasteiger partial charge in [-0.2, -0.15) is 15.8 Å². The molecule has 0 heterocycles. The summed E-state index contributed by atoms with van der Waals surface area (Å²) in [7, 11) is 0. The first-order valence-corrected chi connectivity index (χ1v) is 11.7. The first-order valence-electron chi connectivity index (χ1n) is 10.6. The Morgan fingerprint density at radius 3 is 2.44 bits per heavy atom. The molecule has 1 aromatic rings. The number of benzene rings is 1. The van der Waals surface area contributed by atoms with Crippen LogP contribution in [0.15, 0.2) is 35.1 Å². The number of phenolic OH excluding ortho intramolecular Hbond substituents is 1. The molecule has 0 saturated heterocycles. The number of hydrogen-bond acceptors (Lipinski definition) is 6. The van der Waals surface area contributed by atoms with Crippen molar-refractivity contribution < 1.29 is 9.84 Å². The van der Waals surface area contributed by atoms with Crippen molar-refractivity contribution in [3.05, 3.63) is 44.2 Å². The molecule has 32 heavy (non-hydrogen) atoms. The Labute approximate surface area is 203 Å². The third kappa shape index (κ3) is 3.71. The summed E-state index contributed by atoms with van der Waals surface area (Å²) in [4.78, 5) is 0. The molecule has 3 atom stereocenters. The third-order valence-corrected chi connectivity index (χ3v) is 7.63. The maximum Gasteiger partial charge on any atom is 0.191 e. The van der Waals surface area contributed by atoms with Crippen molar-refractivity contribution in [2.75, 3.05) is 6.61 Å². The number of nitriles is 3. The van der Waals surface area contributed by atoms with E-state index in [1.54, 1.807) is 12.1 Å². The van der Waals surface area contributed by atoms with Crippen molar-refractivity contribution in [1.82, 2.24) is 0 Å². The highest BCUT2D eigenvalue weighted by molar-refractivity contribution is 14.1. The molecule has 0 radical (unpaired) electrons. The first kappa shape index (κ1) is 24.0. The van der Waals surface area contributed by atoms with Gasteiger partial charge in [0.2, 0.25) is 0 Å². The van der Waals surface area contributed by atoms with Crippen molar-refractivity contribution in [2.45, 2.75) is 46.5 Å². The number of aromatic hydroxyl groups is 1. The Bertz CT molecular complexity index is 1110. The molecule has 0 amide bonds. The number of nitrogens with two attached hydrogens (primary N) is 1. The van der Waals surface area contributed by atoms with Gasteiger partial charge in [0.15, 0.2) is 16.9 Å². The summed E-state index contributed by atoms with van der Waals surface area (Å²) in [5.74, 6) is -0.180. The Balaban J connectivity index is 2.34. The van der Waals surface area contributed by atoms with E-state index in [1.165, 1.54) is 0 Å². The molecule has 6 nitrogen and oxygen atoms in total. The minimum Gasteiger partial charge on any atom is -0.504 e. The Kier molecular flexibility index (Phi) is 6.50. The highest BCUT2D eigenvalue weighted by Crippen LogP contribution is 2.58. The molecule has 7 heteroatoms. The van der Waals surface area contributed by atoms with E-state index in [4.69, 9.17) is 10.5 Å². The highest BCUT2D eigenvalue weighted by Gasteiger charge is 2.55. The van der Waals surface area contributed by atoms with Crippen LogP contribution >= 0.6 is 22.6 Å². The van der Waals surface area contributed by atoms with Crippen LogP contribution in [-0.2, 0) is 0 Å². The number of phenols is 1. The average molecular weight is 542 g/mol. The van der Waals surface area contributed by atoms with Crippen LogP contribution in [0.2, 0.25) is 0 Å². The number of fused-ring (bicyclic) bond motifs is 1. The number of ether oxygens (including phenoxy) is 1. The summed E-state index contributed by atoms with van der Waals surface area (Å²) in [6.07, 6.45) is 3.60. The van der Waals surface area contributed by atoms with Gasteiger partial charge < -0.3 is 15.6 Å². The molecule has 2 aliphatic rings. The van der Waals surface area contributed by atoms with Gasteiger partial charge in [-0.3, -0.25) is 0 Å². The third-order valence-electron chi connectivity index (χ3n) is 6.81. The largest absolute Gasteiger partial charge is 0.504 e. The minimum absolute atomic E-state index is 0.00718. The van der Waals surface area contributed by atoms with Crippen LogP contribution < -0.4 is 10.5 Å². The summed E-state index contributed by atoms with van der Waals surface area (Å²) in [5, 5.41) is 40.9. The van der Waals surface area contributed by atoms with E-state index in [-0.39, 0.29) is 28.4 Å². The molecule has 166 valence electrons. The zero-order valence-electron chi connectivity index (χ0n) is 18.7. The van der Waals surface area contributed by atoms with Gasteiger partial charge in [-0.15, -0.1) is 0 Å². The predicted molar refractivity (Wildman–Crippen MR) is 129 cm³/mol. The Morgan fingerprint density at radius 2 is 1.91 bits per heavy atom. The molecule has 2 aliphatic carbocycles. The highest BCUT2D eigenvalue weighted by atomic mass is 127. The second-order valence-electron chi connectivity index (χ2n) is 9.49. The molecule has 0 bridgehead atoms. The smallest absolute Gasteiger partial charge is 0.191 e. The van der Waals surface area contributed by atoms with Crippen LogP contribution in [0.3, 0.4) is 0 Å². The summed E-state index contributed by atoms with van der Waals surface area (Å²) in [6, 6.07) is 10.0. The molecule has 3 N–H and O–H groups in total. The first-order chi connectivity index (χ1) is 15.0. The van der Waals surface area contributed by atoms with Crippen LogP contribution in [0.4, 0.5) is 0 Å². The summed E-state index contributed by atoms with van der Waals surface area (Å²) in [6.45, 7) is 8.73. The topological polar surface area (TPSA) is 127 Å². The zero-order valence-corrected chi connectivity index (χ0v) is 20.9. The fourth-order valence-electron chi connectivity index (χ4n) is 5.01. The van der Waals surface area contributed by atoms with Gasteiger partial charge in [-0.25, -0.2) is 0 Å². The van der Waals surface area contributed by atoms with Crippen molar-refractivity contribution in [2.24, 2.45) is 28.4 Å². The molecule has 1 aromatic carbocycles. The van der Waals surface area contributed by atoms with Crippen LogP contribution in [-0.4, -0.2) is 11.7 Å². The standard InChI is InChI=1S/C25H27IN4O2/c1-5-32-20-9-14(8-19(26)22(20)31)21-17-10-15(24(2,3)4)6-7-16(17)18(11-27)23(30)25(21,12-28)13-29/h7-9,15,17,21,31H,5-6,10,30H2,1-4H3/t15-,17+,21+/m0/s1. The monoisotopic (exact) mass is 542 g/mol. The number of rotatable bonds is 3. The van der Waals surface area contributed by atoms with E-state index in [0.717, 1.165) is 18.4 Å². The molecule has 0 spiro atoms. The average Bonchev–Trinajstić information content (AvgIpc) is 2.75. The predicted octanol–water partition coefficient (Wildman–Crippen LogP) is 5.26. The van der Waals surface area contributed by atoms with E-state index < -0.39 is 11.3 Å². The van der Waals surface area contributed by atoms with Crippen LogP contribution in [0.5, 0.6) is 11.5 Å². The van der Waals surface area contributed by atoms with Gasteiger partial charge in [0.1, 0.15) is 6.07 Å². The van der Waals surface area contributed by atoms with E-state index in [1.807, 2.05) is 29.5 Å². The lowest BCUT2D eigenvalue weighted by Gasteiger charge is -2.47. The van der Waals surface area contributed by atoms with Gasteiger partial charge in [-0.1, -0.05) is 26.8 Å². The van der Waals surface area contributed by atoms with Gasteiger partial charge in [0.25, 0.3) is 0 Å². The Hall–Kier alpha value is -2.70. The number of allylic oxidation sites excluding steroid dienone is 4. The van der Waals surface area contributed by atoms with Crippen LogP contribution in [0.25, 0.3) is 0 Å². The quantitative estimate of drug-likeness (QED) is 0.502. The summed E-state index contributed by atoms with van der Waals surface area (Å²) in [5.41, 5.74) is 6.50. The molecule has 0 unspecified atom stereocenters. The molecule has 0 aromatic heterocycles. The van der Waals surface area contributed by atoms with Crippen molar-refractivity contribution in [3.8, 4) is 29.7 Å². The fourth-order valence-corrected chi connectivity index (χ4v) is 5.64. The fraction of sp³-hybridized carbons (Fsp3) is 0.480. The normalized spacial score (nSPS) is 24.4. The van der Waals surface area contributed by atoms with Crippen molar-refractivity contribution in [1.29, 1.82) is 15.8 Å². The minimum atomic E-state index is -1.70. The van der Waals surface area contributed by atoms with E-state index >= 15 is 0 Å². The molecular formula is C25H27IN4O2. The number of nitrogens with zero attached hydrogens (tertiary/aromatic N) is 3. The summed E-state index contributed by atoms with van der Waals surface area (Å²) >= 11 is 2.02. The SMILES string of the molecule is CCOc1cc([C@@H]2[C@@H]3C[C@@H](C(C)(C)C)CC=C3C(C#N)=C(N)C2(C#N)C#N)cc(I)c1O. The number of halogens is 1. The molecular weight excluding hydrogens is 515 g/mol. The second kappa shape index (κ2) is 8.68. The summed E-state index contributed by atoms with van der Waals surface area (Å²) < 4.78 is 6.20. The Morgan fingerprint density at radius 1 is 1.25 bits per heavy atom. The second-order valence-corrected chi connectivity index (χ2v) is 10.7. The van der Waals surface area contributed by atoms with Crippen molar-refractivity contribution >= 4 is 22.6 Å². The van der Waals surface area contributed by atoms with Gasteiger partial charge in [0, 0.05) is 5.92 Å². The maximum absolute atomic E-state index is 10.5. The van der Waals surface area contributed by atoms with E-state index in [2.05, 4.69) is 45.1 Å². The lowest BCUT2D eigenvalue weighted by molar-refractivity contribution is 0.170. The van der Waals surface area contributed by atoms with Gasteiger partial charge >= 0.3 is 0 Å². The lowest BCUT2D eigenvalue weighted by Crippen LogP contribution is -2.44. The zero-order chi connectivity index (χ0) is 23.8. The molecule has 3 rings (SSSR count). The van der Waals surface area contributed by atoms with E-state index in [0.29, 0.717) is 27.4 Å². The van der Waals surface area contributed by atoms with Crippen molar-refractivity contribution in [3.63, 3.8) is 0 Å². The lowest BCUT2D eigenvalue weighted by atomic mass is 9.54. The maximum atomic E-state index is 10.5. The van der Waals surface area contributed by atoms with Crippen LogP contribution in [0.1, 0.15) is 52.0 Å². The molecule has 0 saturated carbocycles. The molecule has 0 aliphatic heterocycles. The molecule has 0 fully saturated rings. The van der Waals surface area contributed by atoms with E-state index in [9.17, 15) is 20.9 Å². The van der Waals surface area contributed by atoms with Gasteiger partial charge in [-0.05, 0) is 82.9 Å². The number of hydrogen-bond donors (Lipinski definition) is 2. The van der Waals surface area contributed by atoms with Gasteiger partial charge in [0.05, 0.1) is 33.6 Å². The van der Waals surface area contributed by atoms with Crippen LogP contribution in [0, 0.1) is 60.2 Å².